The van der Waals surface area contributed by atoms with E-state index < -0.39 is 0 Å². The van der Waals surface area contributed by atoms with Crippen LogP contribution in [0.4, 0.5) is 0 Å². The molecule has 0 radical (unpaired) electrons. The highest BCUT2D eigenvalue weighted by Gasteiger charge is 2.15. The fourth-order valence-electron chi connectivity index (χ4n) is 2.08. The van der Waals surface area contributed by atoms with Crippen molar-refractivity contribution in [3.8, 4) is 0 Å². The number of nitrogens with one attached hydrogen (secondary N) is 2. The van der Waals surface area contributed by atoms with Crippen LogP contribution in [0.1, 0.15) is 37.2 Å². The molecule has 0 saturated heterocycles. The maximum atomic E-state index is 5.26. The van der Waals surface area contributed by atoms with Crippen molar-refractivity contribution < 1.29 is 0 Å². The van der Waals surface area contributed by atoms with Crippen LogP contribution in [0, 0.1) is 6.92 Å². The van der Waals surface area contributed by atoms with Gasteiger partial charge >= 0.3 is 0 Å². The molecule has 1 fully saturated rings. The smallest absolute Gasteiger partial charge is 0.166 e. The molecule has 1 heterocycles. The van der Waals surface area contributed by atoms with Crippen molar-refractivity contribution in [1.82, 2.24) is 20.6 Å². The molecule has 5 heteroatoms. The average Bonchev–Trinajstić information content (AvgIpc) is 2.79. The second kappa shape index (κ2) is 5.91. The molecule has 92 valence electrons. The van der Waals surface area contributed by atoms with Gasteiger partial charge in [-0.3, -0.25) is 0 Å². The molecule has 2 rings (SSSR count). The maximum absolute atomic E-state index is 5.26. The van der Waals surface area contributed by atoms with E-state index in [4.69, 9.17) is 12.2 Å². The molecule has 1 aromatic rings. The SMILES string of the molecule is Cc1nccc(CNC(=S)NC2CCCC2)n1. The van der Waals surface area contributed by atoms with Crippen molar-refractivity contribution in [2.75, 3.05) is 0 Å². The van der Waals surface area contributed by atoms with Crippen LogP contribution in [0.15, 0.2) is 12.3 Å². The lowest BCUT2D eigenvalue weighted by Crippen LogP contribution is -2.40. The Balaban J connectivity index is 1.75. The van der Waals surface area contributed by atoms with Crippen LogP contribution in [0.25, 0.3) is 0 Å². The lowest BCUT2D eigenvalue weighted by Gasteiger charge is -2.15. The summed E-state index contributed by atoms with van der Waals surface area (Å²) in [6.07, 6.45) is 6.85. The molecular formula is C12H18N4S. The largest absolute Gasteiger partial charge is 0.360 e. The van der Waals surface area contributed by atoms with Crippen molar-refractivity contribution in [3.05, 3.63) is 23.8 Å². The second-order valence-corrected chi connectivity index (χ2v) is 4.81. The molecule has 0 aliphatic heterocycles. The Labute approximate surface area is 107 Å². The third-order valence-electron chi connectivity index (χ3n) is 2.95. The summed E-state index contributed by atoms with van der Waals surface area (Å²) in [4.78, 5) is 8.38. The van der Waals surface area contributed by atoms with Gasteiger partial charge in [-0.2, -0.15) is 0 Å². The van der Waals surface area contributed by atoms with Gasteiger partial charge in [-0.15, -0.1) is 0 Å². The summed E-state index contributed by atoms with van der Waals surface area (Å²) in [5, 5.41) is 7.25. The molecule has 17 heavy (non-hydrogen) atoms. The fraction of sp³-hybridized carbons (Fsp3) is 0.583. The predicted octanol–water partition coefficient (Wildman–Crippen LogP) is 1.69. The quantitative estimate of drug-likeness (QED) is 0.800. The summed E-state index contributed by atoms with van der Waals surface area (Å²) in [6.45, 7) is 2.54. The van der Waals surface area contributed by atoms with Crippen LogP contribution in [-0.4, -0.2) is 21.1 Å². The van der Waals surface area contributed by atoms with Crippen LogP contribution in [0.3, 0.4) is 0 Å². The normalized spacial score (nSPS) is 15.8. The fourth-order valence-corrected chi connectivity index (χ4v) is 2.32. The van der Waals surface area contributed by atoms with Crippen LogP contribution < -0.4 is 10.6 Å². The number of hydrogen-bond acceptors (Lipinski definition) is 3. The van der Waals surface area contributed by atoms with E-state index in [0.29, 0.717) is 12.6 Å². The highest BCUT2D eigenvalue weighted by molar-refractivity contribution is 7.80. The minimum Gasteiger partial charge on any atom is -0.360 e. The summed E-state index contributed by atoms with van der Waals surface area (Å²) in [5.74, 6) is 0.791. The Morgan fingerprint density at radius 3 is 2.94 bits per heavy atom. The minimum absolute atomic E-state index is 0.558. The third-order valence-corrected chi connectivity index (χ3v) is 3.22. The highest BCUT2D eigenvalue weighted by Crippen LogP contribution is 2.17. The number of rotatable bonds is 3. The molecule has 1 aliphatic carbocycles. The zero-order valence-electron chi connectivity index (χ0n) is 10.1. The summed E-state index contributed by atoms with van der Waals surface area (Å²) in [5.41, 5.74) is 0.966. The first-order chi connectivity index (χ1) is 8.24. The van der Waals surface area contributed by atoms with Gasteiger partial charge < -0.3 is 10.6 Å². The maximum Gasteiger partial charge on any atom is 0.166 e. The number of aryl methyl sites for hydroxylation is 1. The Hall–Kier alpha value is -1.23. The first-order valence-corrected chi connectivity index (χ1v) is 6.48. The minimum atomic E-state index is 0.558. The molecule has 4 nitrogen and oxygen atoms in total. The molecule has 0 atom stereocenters. The first kappa shape index (κ1) is 12.2. The van der Waals surface area contributed by atoms with E-state index in [1.807, 2.05) is 13.0 Å². The number of thiocarbonyl (C=S) groups is 1. The average molecular weight is 250 g/mol. The number of hydrogen-bond donors (Lipinski definition) is 2. The summed E-state index contributed by atoms with van der Waals surface area (Å²) >= 11 is 5.26. The number of nitrogens with zero attached hydrogens (tertiary/aromatic N) is 2. The monoisotopic (exact) mass is 250 g/mol. The molecule has 0 bridgehead atoms. The van der Waals surface area contributed by atoms with Gasteiger partial charge in [0, 0.05) is 12.2 Å². The van der Waals surface area contributed by atoms with Crippen molar-refractivity contribution in [2.45, 2.75) is 45.2 Å². The lowest BCUT2D eigenvalue weighted by atomic mass is 10.3. The molecule has 1 aromatic heterocycles. The first-order valence-electron chi connectivity index (χ1n) is 6.07. The highest BCUT2D eigenvalue weighted by atomic mass is 32.1. The van der Waals surface area contributed by atoms with Gasteiger partial charge in [0.15, 0.2) is 5.11 Å². The molecule has 0 aromatic carbocycles. The molecule has 0 unspecified atom stereocenters. The topological polar surface area (TPSA) is 49.8 Å². The van der Waals surface area contributed by atoms with Crippen molar-refractivity contribution >= 4 is 17.3 Å². The van der Waals surface area contributed by atoms with E-state index in [1.165, 1.54) is 25.7 Å². The van der Waals surface area contributed by atoms with Crippen molar-refractivity contribution in [2.24, 2.45) is 0 Å². The standard InChI is InChI=1S/C12H18N4S/c1-9-13-7-6-11(15-9)8-14-12(17)16-10-4-2-3-5-10/h6-7,10H,2-5,8H2,1H3,(H2,14,16,17). The molecule has 0 amide bonds. The molecule has 1 aliphatic rings. The van der Waals surface area contributed by atoms with E-state index in [9.17, 15) is 0 Å². The van der Waals surface area contributed by atoms with Gasteiger partial charge in [0.25, 0.3) is 0 Å². The summed E-state index contributed by atoms with van der Waals surface area (Å²) < 4.78 is 0. The number of aromatic nitrogens is 2. The van der Waals surface area contributed by atoms with Crippen molar-refractivity contribution in [1.29, 1.82) is 0 Å². The molecule has 1 saturated carbocycles. The van der Waals surface area contributed by atoms with Gasteiger partial charge in [0.2, 0.25) is 0 Å². The Bertz CT molecular complexity index is 388. The zero-order chi connectivity index (χ0) is 12.1. The Morgan fingerprint density at radius 1 is 1.47 bits per heavy atom. The van der Waals surface area contributed by atoms with Crippen LogP contribution in [0.2, 0.25) is 0 Å². The summed E-state index contributed by atoms with van der Waals surface area (Å²) in [6, 6.07) is 2.46. The van der Waals surface area contributed by atoms with E-state index >= 15 is 0 Å². The van der Waals surface area contributed by atoms with Crippen LogP contribution in [-0.2, 0) is 6.54 Å². The van der Waals surface area contributed by atoms with E-state index in [0.717, 1.165) is 16.6 Å². The Morgan fingerprint density at radius 2 is 2.24 bits per heavy atom. The molecular weight excluding hydrogens is 232 g/mol. The molecule has 0 spiro atoms. The summed E-state index contributed by atoms with van der Waals surface area (Å²) in [7, 11) is 0. The predicted molar refractivity (Wildman–Crippen MR) is 71.6 cm³/mol. The van der Waals surface area contributed by atoms with Crippen LogP contribution >= 0.6 is 12.2 Å². The Kier molecular flexibility index (Phi) is 4.25. The van der Waals surface area contributed by atoms with Gasteiger partial charge in [0.1, 0.15) is 5.82 Å². The van der Waals surface area contributed by atoms with Gasteiger partial charge in [-0.05, 0) is 38.0 Å². The van der Waals surface area contributed by atoms with E-state index in [1.54, 1.807) is 6.20 Å². The van der Waals surface area contributed by atoms with E-state index in [2.05, 4.69) is 20.6 Å². The van der Waals surface area contributed by atoms with Crippen molar-refractivity contribution in [3.63, 3.8) is 0 Å². The van der Waals surface area contributed by atoms with E-state index in [-0.39, 0.29) is 0 Å². The zero-order valence-corrected chi connectivity index (χ0v) is 10.9. The molecule has 2 N–H and O–H groups in total. The van der Waals surface area contributed by atoms with Gasteiger partial charge in [-0.25, -0.2) is 9.97 Å². The van der Waals surface area contributed by atoms with Crippen LogP contribution in [0.5, 0.6) is 0 Å². The lowest BCUT2D eigenvalue weighted by molar-refractivity contribution is 0.620. The third kappa shape index (κ3) is 3.93. The van der Waals surface area contributed by atoms with Gasteiger partial charge in [-0.1, -0.05) is 12.8 Å². The second-order valence-electron chi connectivity index (χ2n) is 4.40. The van der Waals surface area contributed by atoms with Gasteiger partial charge in [0.05, 0.1) is 12.2 Å².